The molecule has 1 saturated carbocycles. The lowest BCUT2D eigenvalue weighted by molar-refractivity contribution is 0.101. The van der Waals surface area contributed by atoms with Crippen LogP contribution in [0.3, 0.4) is 0 Å². The van der Waals surface area contributed by atoms with Gasteiger partial charge in [0.1, 0.15) is 17.3 Å². The molecular formula is C32H29FN4O5. The number of nitrogens with one attached hydrogen (secondary N) is 1. The third kappa shape index (κ3) is 5.69. The number of hydrogen-bond donors (Lipinski definition) is 1. The first-order valence-corrected chi connectivity index (χ1v) is 13.5. The van der Waals surface area contributed by atoms with E-state index in [0.717, 1.165) is 23.8 Å². The quantitative estimate of drug-likeness (QED) is 0.200. The molecule has 0 aliphatic heterocycles. The Morgan fingerprint density at radius 1 is 0.952 bits per heavy atom. The van der Waals surface area contributed by atoms with Crippen molar-refractivity contribution in [2.75, 3.05) is 26.1 Å². The minimum Gasteiger partial charge on any atom is -0.493 e. The first-order valence-electron chi connectivity index (χ1n) is 13.5. The van der Waals surface area contributed by atoms with E-state index in [0.29, 0.717) is 58.2 Å². The molecule has 1 amide bonds. The molecule has 0 unspecified atom stereocenters. The SMILES string of the molecule is COc1cc2nccc(Oc3ccc(NC(=O)c4nn(-c5ccc(F)cc5)cc4OCC4CC4)cc3C)c2cc1OC. The van der Waals surface area contributed by atoms with Gasteiger partial charge in [0, 0.05) is 23.3 Å². The minimum atomic E-state index is -0.420. The van der Waals surface area contributed by atoms with Crippen LogP contribution in [0.25, 0.3) is 16.6 Å². The predicted molar refractivity (Wildman–Crippen MR) is 156 cm³/mol. The summed E-state index contributed by atoms with van der Waals surface area (Å²) in [6.07, 6.45) is 5.54. The summed E-state index contributed by atoms with van der Waals surface area (Å²) in [6, 6.07) is 16.7. The highest BCUT2D eigenvalue weighted by atomic mass is 19.1. The van der Waals surface area contributed by atoms with E-state index in [-0.39, 0.29) is 11.5 Å². The fraction of sp³-hybridized carbons (Fsp3) is 0.219. The van der Waals surface area contributed by atoms with E-state index in [1.54, 1.807) is 63.0 Å². The lowest BCUT2D eigenvalue weighted by Crippen LogP contribution is -2.15. The summed E-state index contributed by atoms with van der Waals surface area (Å²) in [5.41, 5.74) is 2.83. The molecule has 0 saturated heterocycles. The molecule has 0 radical (unpaired) electrons. The number of carbonyl (C=O) groups excluding carboxylic acids is 1. The van der Waals surface area contributed by atoms with Crippen molar-refractivity contribution < 1.29 is 28.1 Å². The van der Waals surface area contributed by atoms with Crippen molar-refractivity contribution in [3.8, 4) is 34.4 Å². The Balaban J connectivity index is 1.23. The van der Waals surface area contributed by atoms with Gasteiger partial charge in [-0.3, -0.25) is 9.78 Å². The average Bonchev–Trinajstić information content (AvgIpc) is 3.73. The number of benzene rings is 3. The van der Waals surface area contributed by atoms with Crippen molar-refractivity contribution in [2.45, 2.75) is 19.8 Å². The summed E-state index contributed by atoms with van der Waals surface area (Å²) in [6.45, 7) is 2.41. The fourth-order valence-corrected chi connectivity index (χ4v) is 4.53. The van der Waals surface area contributed by atoms with E-state index in [2.05, 4.69) is 15.4 Å². The Hall–Kier alpha value is -5.12. The number of rotatable bonds is 10. The van der Waals surface area contributed by atoms with Crippen molar-refractivity contribution in [1.29, 1.82) is 0 Å². The summed E-state index contributed by atoms with van der Waals surface area (Å²) in [4.78, 5) is 17.8. The number of pyridine rings is 1. The van der Waals surface area contributed by atoms with E-state index in [1.807, 2.05) is 19.1 Å². The van der Waals surface area contributed by atoms with Crippen LogP contribution in [0.15, 0.2) is 73.1 Å². The van der Waals surface area contributed by atoms with Crippen LogP contribution in [0.4, 0.5) is 10.1 Å². The van der Waals surface area contributed by atoms with Gasteiger partial charge in [-0.25, -0.2) is 9.07 Å². The molecule has 214 valence electrons. The Kier molecular flexibility index (Phi) is 7.35. The number of anilines is 1. The standard InChI is InChI=1S/C32H29FN4O5/c1-19-14-22(8-11-26(19)42-27-12-13-34-25-16-29(40-3)28(39-2)15-24(25)27)35-32(38)31-30(41-18-20-4-5-20)17-37(36-31)23-9-6-21(33)7-10-23/h6-17,20H,4-5,18H2,1-3H3,(H,35,38). The summed E-state index contributed by atoms with van der Waals surface area (Å²) in [7, 11) is 3.15. The van der Waals surface area contributed by atoms with Crippen LogP contribution in [0.2, 0.25) is 0 Å². The molecule has 2 heterocycles. The maximum atomic E-state index is 13.4. The van der Waals surface area contributed by atoms with Crippen LogP contribution in [0.1, 0.15) is 28.9 Å². The largest absolute Gasteiger partial charge is 0.493 e. The van der Waals surface area contributed by atoms with E-state index in [4.69, 9.17) is 18.9 Å². The molecule has 42 heavy (non-hydrogen) atoms. The van der Waals surface area contributed by atoms with Crippen LogP contribution >= 0.6 is 0 Å². The third-order valence-corrected chi connectivity index (χ3v) is 7.02. The number of hydrogen-bond acceptors (Lipinski definition) is 7. The number of aryl methyl sites for hydroxylation is 1. The normalized spacial score (nSPS) is 12.7. The number of methoxy groups -OCH3 is 2. The van der Waals surface area contributed by atoms with E-state index < -0.39 is 5.91 Å². The van der Waals surface area contributed by atoms with Crippen molar-refractivity contribution in [2.24, 2.45) is 5.92 Å². The summed E-state index contributed by atoms with van der Waals surface area (Å²) in [5, 5.41) is 8.14. The van der Waals surface area contributed by atoms with Crippen LogP contribution < -0.4 is 24.3 Å². The first kappa shape index (κ1) is 27.1. The molecule has 0 spiro atoms. The van der Waals surface area contributed by atoms with E-state index in [9.17, 15) is 9.18 Å². The van der Waals surface area contributed by atoms with Gasteiger partial charge in [0.05, 0.1) is 38.2 Å². The van der Waals surface area contributed by atoms with E-state index >= 15 is 0 Å². The highest BCUT2D eigenvalue weighted by Gasteiger charge is 2.25. The zero-order valence-corrected chi connectivity index (χ0v) is 23.4. The second-order valence-electron chi connectivity index (χ2n) is 10.1. The van der Waals surface area contributed by atoms with Crippen molar-refractivity contribution in [1.82, 2.24) is 14.8 Å². The van der Waals surface area contributed by atoms with Crippen molar-refractivity contribution in [3.63, 3.8) is 0 Å². The molecule has 0 bridgehead atoms. The first-order chi connectivity index (χ1) is 20.4. The number of ether oxygens (including phenoxy) is 4. The highest BCUT2D eigenvalue weighted by Crippen LogP contribution is 2.38. The Morgan fingerprint density at radius 2 is 1.71 bits per heavy atom. The van der Waals surface area contributed by atoms with Gasteiger partial charge in [0.15, 0.2) is 22.9 Å². The Morgan fingerprint density at radius 3 is 2.43 bits per heavy atom. The molecule has 3 aromatic carbocycles. The van der Waals surface area contributed by atoms with Gasteiger partial charge < -0.3 is 24.3 Å². The molecule has 1 N–H and O–H groups in total. The molecule has 5 aromatic rings. The molecule has 1 aliphatic rings. The van der Waals surface area contributed by atoms with Gasteiger partial charge in [-0.1, -0.05) is 0 Å². The monoisotopic (exact) mass is 568 g/mol. The molecule has 6 rings (SSSR count). The van der Waals surface area contributed by atoms with Gasteiger partial charge >= 0.3 is 0 Å². The number of aromatic nitrogens is 3. The van der Waals surface area contributed by atoms with Crippen LogP contribution in [-0.2, 0) is 0 Å². The zero-order chi connectivity index (χ0) is 29.2. The lowest BCUT2D eigenvalue weighted by Gasteiger charge is -2.14. The van der Waals surface area contributed by atoms with Gasteiger partial charge in [-0.2, -0.15) is 5.10 Å². The van der Waals surface area contributed by atoms with Crippen molar-refractivity contribution in [3.05, 3.63) is 90.1 Å². The molecule has 0 atom stereocenters. The summed E-state index contributed by atoms with van der Waals surface area (Å²) >= 11 is 0. The van der Waals surface area contributed by atoms with Crippen LogP contribution in [-0.4, -0.2) is 41.5 Å². The molecule has 1 aliphatic carbocycles. The van der Waals surface area contributed by atoms with Gasteiger partial charge in [0.2, 0.25) is 0 Å². The molecule has 10 heteroatoms. The summed E-state index contributed by atoms with van der Waals surface area (Å²) in [5.74, 6) is 2.45. The van der Waals surface area contributed by atoms with E-state index in [1.165, 1.54) is 16.8 Å². The maximum Gasteiger partial charge on any atom is 0.280 e. The minimum absolute atomic E-state index is 0.144. The van der Waals surface area contributed by atoms with Crippen molar-refractivity contribution >= 4 is 22.5 Å². The predicted octanol–water partition coefficient (Wildman–Crippen LogP) is 6.72. The summed E-state index contributed by atoms with van der Waals surface area (Å²) < 4.78 is 38.0. The molecule has 1 fully saturated rings. The number of nitrogens with zero attached hydrogens (tertiary/aromatic N) is 3. The maximum absolute atomic E-state index is 13.4. The number of fused-ring (bicyclic) bond motifs is 1. The average molecular weight is 569 g/mol. The third-order valence-electron chi connectivity index (χ3n) is 7.02. The van der Waals surface area contributed by atoms with Crippen LogP contribution in [0, 0.1) is 18.7 Å². The highest BCUT2D eigenvalue weighted by molar-refractivity contribution is 6.04. The fourth-order valence-electron chi connectivity index (χ4n) is 4.53. The number of halogens is 1. The van der Waals surface area contributed by atoms with Gasteiger partial charge in [-0.05, 0) is 85.8 Å². The second kappa shape index (κ2) is 11.4. The number of amides is 1. The topological polar surface area (TPSA) is 96.7 Å². The number of carbonyl (C=O) groups is 1. The molecule has 9 nitrogen and oxygen atoms in total. The Bertz CT molecular complexity index is 1770. The smallest absolute Gasteiger partial charge is 0.280 e. The molecular weight excluding hydrogens is 539 g/mol. The van der Waals surface area contributed by atoms with Gasteiger partial charge in [-0.15, -0.1) is 0 Å². The zero-order valence-electron chi connectivity index (χ0n) is 23.4. The molecule has 2 aromatic heterocycles. The van der Waals surface area contributed by atoms with Crippen LogP contribution in [0.5, 0.6) is 28.7 Å². The second-order valence-corrected chi connectivity index (χ2v) is 10.1. The lowest BCUT2D eigenvalue weighted by atomic mass is 10.1. The Labute approximate surface area is 241 Å². The van der Waals surface area contributed by atoms with Gasteiger partial charge in [0.25, 0.3) is 5.91 Å².